The molecule has 0 aliphatic heterocycles. The molecule has 1 fully saturated rings. The van der Waals surface area contributed by atoms with E-state index in [2.05, 4.69) is 15.9 Å². The Labute approximate surface area is 111 Å². The Kier molecular flexibility index (Phi) is 4.43. The third-order valence-electron chi connectivity index (χ3n) is 3.85. The van der Waals surface area contributed by atoms with Gasteiger partial charge in [-0.05, 0) is 24.3 Å². The maximum atomic E-state index is 11.8. The summed E-state index contributed by atoms with van der Waals surface area (Å²) in [6.07, 6.45) is 9.67. The lowest BCUT2D eigenvalue weighted by atomic mass is 9.82. The van der Waals surface area contributed by atoms with Gasteiger partial charge in [0.15, 0.2) is 0 Å². The molecule has 0 atom stereocenters. The molecule has 0 saturated heterocycles. The largest absolute Gasteiger partial charge is 0.315 e. The fraction of sp³-hybridized carbons (Fsp3) is 0.643. The third-order valence-corrected chi connectivity index (χ3v) is 5.04. The first-order chi connectivity index (χ1) is 8.26. The number of halogens is 1. The predicted molar refractivity (Wildman–Crippen MR) is 74.6 cm³/mol. The van der Waals surface area contributed by atoms with Crippen molar-refractivity contribution in [3.63, 3.8) is 0 Å². The maximum absolute atomic E-state index is 11.8. The molecule has 1 heterocycles. The summed E-state index contributed by atoms with van der Waals surface area (Å²) >= 11 is 3.67. The molecule has 1 aliphatic carbocycles. The SMILES string of the molecule is O=c1ccccn1CC1(CBr)CCCCCC1. The van der Waals surface area contributed by atoms with Crippen LogP contribution in [-0.4, -0.2) is 9.90 Å². The Morgan fingerprint density at radius 1 is 1.18 bits per heavy atom. The zero-order valence-corrected chi connectivity index (χ0v) is 11.8. The average molecular weight is 298 g/mol. The molecule has 2 nitrogen and oxygen atoms in total. The van der Waals surface area contributed by atoms with Crippen LogP contribution in [-0.2, 0) is 6.54 Å². The van der Waals surface area contributed by atoms with Crippen LogP contribution in [0.15, 0.2) is 29.2 Å². The smallest absolute Gasteiger partial charge is 0.250 e. The van der Waals surface area contributed by atoms with E-state index in [0.717, 1.165) is 11.9 Å². The Balaban J connectivity index is 2.18. The molecule has 2 rings (SSSR count). The minimum Gasteiger partial charge on any atom is -0.315 e. The number of pyridine rings is 1. The first-order valence-electron chi connectivity index (χ1n) is 6.47. The lowest BCUT2D eigenvalue weighted by Crippen LogP contribution is -2.32. The Morgan fingerprint density at radius 2 is 1.88 bits per heavy atom. The molecule has 1 aromatic rings. The van der Waals surface area contributed by atoms with E-state index in [1.807, 2.05) is 22.9 Å². The van der Waals surface area contributed by atoms with Crippen LogP contribution in [0, 0.1) is 5.41 Å². The minimum atomic E-state index is 0.122. The first-order valence-corrected chi connectivity index (χ1v) is 7.59. The zero-order valence-electron chi connectivity index (χ0n) is 10.2. The number of hydrogen-bond donors (Lipinski definition) is 0. The Morgan fingerprint density at radius 3 is 2.47 bits per heavy atom. The molecule has 3 heteroatoms. The van der Waals surface area contributed by atoms with Crippen molar-refractivity contribution in [2.45, 2.75) is 45.1 Å². The van der Waals surface area contributed by atoms with Gasteiger partial charge < -0.3 is 4.57 Å². The second-order valence-corrected chi connectivity index (χ2v) is 5.78. The maximum Gasteiger partial charge on any atom is 0.250 e. The molecule has 0 bridgehead atoms. The van der Waals surface area contributed by atoms with Gasteiger partial charge in [0.25, 0.3) is 5.56 Å². The van der Waals surface area contributed by atoms with E-state index in [-0.39, 0.29) is 11.0 Å². The summed E-state index contributed by atoms with van der Waals surface area (Å²) in [6.45, 7) is 0.859. The molecule has 1 aliphatic rings. The van der Waals surface area contributed by atoms with Gasteiger partial charge in [0.1, 0.15) is 0 Å². The summed E-state index contributed by atoms with van der Waals surface area (Å²) in [6, 6.07) is 5.41. The van der Waals surface area contributed by atoms with E-state index in [0.29, 0.717) is 0 Å². The highest BCUT2D eigenvalue weighted by atomic mass is 79.9. The van der Waals surface area contributed by atoms with Crippen molar-refractivity contribution in [2.75, 3.05) is 5.33 Å². The molecule has 0 aromatic carbocycles. The van der Waals surface area contributed by atoms with Crippen LogP contribution in [0.1, 0.15) is 38.5 Å². The molecule has 0 amide bonds. The monoisotopic (exact) mass is 297 g/mol. The van der Waals surface area contributed by atoms with Gasteiger partial charge in [0.2, 0.25) is 0 Å². The zero-order chi connectivity index (χ0) is 12.1. The molecule has 1 aromatic heterocycles. The van der Waals surface area contributed by atoms with Crippen LogP contribution >= 0.6 is 15.9 Å². The predicted octanol–water partition coefficient (Wildman–Crippen LogP) is 3.58. The standard InChI is InChI=1S/C14H20BrNO/c15-11-14(8-4-1-2-5-9-14)12-16-10-6-3-7-13(16)17/h3,6-7,10H,1-2,4-5,8-9,11-12H2. The fourth-order valence-electron chi connectivity index (χ4n) is 2.77. The normalized spacial score (nSPS) is 19.8. The summed E-state index contributed by atoms with van der Waals surface area (Å²) in [5.74, 6) is 0. The summed E-state index contributed by atoms with van der Waals surface area (Å²) in [5.41, 5.74) is 0.402. The minimum absolute atomic E-state index is 0.122. The summed E-state index contributed by atoms with van der Waals surface area (Å²) in [5, 5.41) is 1.00. The summed E-state index contributed by atoms with van der Waals surface area (Å²) in [7, 11) is 0. The van der Waals surface area contributed by atoms with Crippen LogP contribution in [0.2, 0.25) is 0 Å². The Bertz CT molecular complexity index is 405. The molecule has 0 radical (unpaired) electrons. The first kappa shape index (κ1) is 12.9. The van der Waals surface area contributed by atoms with Crippen molar-refractivity contribution in [3.8, 4) is 0 Å². The van der Waals surface area contributed by atoms with E-state index in [1.54, 1.807) is 6.07 Å². The number of nitrogens with zero attached hydrogens (tertiary/aromatic N) is 1. The highest BCUT2D eigenvalue weighted by Crippen LogP contribution is 2.37. The van der Waals surface area contributed by atoms with Gasteiger partial charge in [0, 0.05) is 24.1 Å². The van der Waals surface area contributed by atoms with Gasteiger partial charge in [-0.3, -0.25) is 4.79 Å². The van der Waals surface area contributed by atoms with Gasteiger partial charge in [-0.15, -0.1) is 0 Å². The van der Waals surface area contributed by atoms with Gasteiger partial charge >= 0.3 is 0 Å². The second-order valence-electron chi connectivity index (χ2n) is 5.21. The lowest BCUT2D eigenvalue weighted by Gasteiger charge is -2.31. The van der Waals surface area contributed by atoms with E-state index < -0.39 is 0 Å². The van der Waals surface area contributed by atoms with Crippen molar-refractivity contribution in [1.29, 1.82) is 0 Å². The number of aromatic nitrogens is 1. The van der Waals surface area contributed by atoms with E-state index >= 15 is 0 Å². The lowest BCUT2D eigenvalue weighted by molar-refractivity contribution is 0.239. The van der Waals surface area contributed by atoms with Crippen molar-refractivity contribution in [2.24, 2.45) is 5.41 Å². The molecule has 0 unspecified atom stereocenters. The van der Waals surface area contributed by atoms with Crippen molar-refractivity contribution >= 4 is 15.9 Å². The topological polar surface area (TPSA) is 22.0 Å². The molecular weight excluding hydrogens is 278 g/mol. The second kappa shape index (κ2) is 5.85. The highest BCUT2D eigenvalue weighted by molar-refractivity contribution is 9.09. The molecular formula is C14H20BrNO. The van der Waals surface area contributed by atoms with Gasteiger partial charge in [-0.2, -0.15) is 0 Å². The summed E-state index contributed by atoms with van der Waals surface area (Å²) < 4.78 is 1.87. The molecule has 94 valence electrons. The van der Waals surface area contributed by atoms with Crippen molar-refractivity contribution in [1.82, 2.24) is 4.57 Å². The number of rotatable bonds is 3. The van der Waals surface area contributed by atoms with E-state index in [4.69, 9.17) is 0 Å². The van der Waals surface area contributed by atoms with Crippen molar-refractivity contribution < 1.29 is 0 Å². The third kappa shape index (κ3) is 3.21. The van der Waals surface area contributed by atoms with Crippen LogP contribution in [0.4, 0.5) is 0 Å². The van der Waals surface area contributed by atoms with E-state index in [1.165, 1.54) is 38.5 Å². The summed E-state index contributed by atoms with van der Waals surface area (Å²) in [4.78, 5) is 11.8. The Hall–Kier alpha value is -0.570. The van der Waals surface area contributed by atoms with Gasteiger partial charge in [-0.1, -0.05) is 47.7 Å². The number of hydrogen-bond acceptors (Lipinski definition) is 1. The highest BCUT2D eigenvalue weighted by Gasteiger charge is 2.30. The quantitative estimate of drug-likeness (QED) is 0.617. The van der Waals surface area contributed by atoms with Gasteiger partial charge in [0.05, 0.1) is 0 Å². The van der Waals surface area contributed by atoms with Gasteiger partial charge in [-0.25, -0.2) is 0 Å². The van der Waals surface area contributed by atoms with Crippen LogP contribution in [0.3, 0.4) is 0 Å². The van der Waals surface area contributed by atoms with Crippen molar-refractivity contribution in [3.05, 3.63) is 34.7 Å². The number of alkyl halides is 1. The average Bonchev–Trinajstić information content (AvgIpc) is 2.58. The fourth-order valence-corrected chi connectivity index (χ4v) is 3.50. The molecule has 1 saturated carbocycles. The molecule has 17 heavy (non-hydrogen) atoms. The molecule has 0 spiro atoms. The van der Waals surface area contributed by atoms with Crippen LogP contribution < -0.4 is 5.56 Å². The molecule has 0 N–H and O–H groups in total. The van der Waals surface area contributed by atoms with E-state index in [9.17, 15) is 4.79 Å². The van der Waals surface area contributed by atoms with Crippen LogP contribution in [0.5, 0.6) is 0 Å². The van der Waals surface area contributed by atoms with Crippen LogP contribution in [0.25, 0.3) is 0 Å².